The highest BCUT2D eigenvalue weighted by Crippen LogP contribution is 2.45. The molecule has 5 nitrogen and oxygen atoms in total. The van der Waals surface area contributed by atoms with E-state index < -0.39 is 47.2 Å². The van der Waals surface area contributed by atoms with Gasteiger partial charge in [-0.3, -0.25) is 9.59 Å². The number of ether oxygens (including phenoxy) is 1. The van der Waals surface area contributed by atoms with Crippen LogP contribution in [-0.4, -0.2) is 23.8 Å². The van der Waals surface area contributed by atoms with Crippen LogP contribution in [0.15, 0.2) is 24.3 Å². The molecule has 176 valence electrons. The highest BCUT2D eigenvalue weighted by Gasteiger charge is 2.45. The Morgan fingerprint density at radius 3 is 2.52 bits per heavy atom. The van der Waals surface area contributed by atoms with E-state index in [1.165, 1.54) is 30.9 Å². The maximum atomic E-state index is 15.4. The molecule has 1 unspecified atom stereocenters. The normalized spacial score (nSPS) is 19.5. The molecule has 0 spiro atoms. The summed E-state index contributed by atoms with van der Waals surface area (Å²) in [5.74, 6) is -7.63. The summed E-state index contributed by atoms with van der Waals surface area (Å²) in [6.45, 7) is 2.77. The Labute approximate surface area is 186 Å². The fourth-order valence-electron chi connectivity index (χ4n) is 4.14. The Kier molecular flexibility index (Phi) is 5.79. The zero-order chi connectivity index (χ0) is 24.1. The second-order valence-corrected chi connectivity index (χ2v) is 8.55. The zero-order valence-electron chi connectivity index (χ0n) is 17.9. The number of carbonyl (C=O) groups excluding carboxylic acids is 2. The van der Waals surface area contributed by atoms with Crippen molar-refractivity contribution in [2.45, 2.75) is 51.7 Å². The Morgan fingerprint density at radius 2 is 1.88 bits per heavy atom. The standard InChI is InChI=1S/C23H21F5N2O3/c1-11-5-17-21(19(26)20(11)29-18(31)7-14-8-23(27,28)9-14)33-12(2)22(32)30(17)10-13-3-4-15(24)16(25)6-13/h3-6,12,14H,7-10H2,1-2H3,(H,29,31). The van der Waals surface area contributed by atoms with Crippen LogP contribution in [0, 0.1) is 30.3 Å². The van der Waals surface area contributed by atoms with Gasteiger partial charge in [-0.1, -0.05) is 6.07 Å². The summed E-state index contributed by atoms with van der Waals surface area (Å²) in [7, 11) is 0. The van der Waals surface area contributed by atoms with E-state index >= 15 is 4.39 Å². The summed E-state index contributed by atoms with van der Waals surface area (Å²) >= 11 is 0. The number of anilines is 2. The molecule has 1 fully saturated rings. The van der Waals surface area contributed by atoms with Gasteiger partial charge in [0.1, 0.15) is 0 Å². The molecule has 1 N–H and O–H groups in total. The summed E-state index contributed by atoms with van der Waals surface area (Å²) in [4.78, 5) is 26.2. The molecule has 1 aliphatic heterocycles. The number of amides is 2. The Bertz CT molecular complexity index is 1130. The third-order valence-corrected chi connectivity index (χ3v) is 5.84. The van der Waals surface area contributed by atoms with Crippen molar-refractivity contribution in [1.82, 2.24) is 0 Å². The number of nitrogens with one attached hydrogen (secondary N) is 1. The molecule has 1 saturated carbocycles. The number of rotatable bonds is 5. The predicted octanol–water partition coefficient (Wildman–Crippen LogP) is 5.10. The molecule has 4 rings (SSSR count). The monoisotopic (exact) mass is 468 g/mol. The van der Waals surface area contributed by atoms with Gasteiger partial charge in [0.15, 0.2) is 29.3 Å². The van der Waals surface area contributed by atoms with Gasteiger partial charge in [-0.25, -0.2) is 22.0 Å². The second-order valence-electron chi connectivity index (χ2n) is 8.55. The first-order valence-electron chi connectivity index (χ1n) is 10.4. The number of alkyl halides is 2. The van der Waals surface area contributed by atoms with Gasteiger partial charge in [-0.2, -0.15) is 0 Å². The molecular formula is C23H21F5N2O3. The van der Waals surface area contributed by atoms with E-state index in [1.807, 2.05) is 0 Å². The largest absolute Gasteiger partial charge is 0.476 e. The third kappa shape index (κ3) is 4.51. The molecule has 0 radical (unpaired) electrons. The predicted molar refractivity (Wildman–Crippen MR) is 110 cm³/mol. The average molecular weight is 468 g/mol. The first kappa shape index (κ1) is 23.0. The summed E-state index contributed by atoms with van der Waals surface area (Å²) in [5, 5.41) is 2.43. The van der Waals surface area contributed by atoms with Crippen molar-refractivity contribution >= 4 is 23.2 Å². The fraction of sp³-hybridized carbons (Fsp3) is 0.391. The highest BCUT2D eigenvalue weighted by molar-refractivity contribution is 6.01. The average Bonchev–Trinajstić information content (AvgIpc) is 2.71. The number of hydrogen-bond acceptors (Lipinski definition) is 3. The van der Waals surface area contributed by atoms with E-state index in [0.29, 0.717) is 0 Å². The van der Waals surface area contributed by atoms with Gasteiger partial charge >= 0.3 is 0 Å². The Hall–Kier alpha value is -3.17. The molecule has 0 aromatic heterocycles. The lowest BCUT2D eigenvalue weighted by Gasteiger charge is -2.35. The van der Waals surface area contributed by atoms with E-state index in [1.54, 1.807) is 0 Å². The Balaban J connectivity index is 1.60. The molecule has 1 heterocycles. The van der Waals surface area contributed by atoms with Crippen LogP contribution in [-0.2, 0) is 16.1 Å². The zero-order valence-corrected chi connectivity index (χ0v) is 17.9. The summed E-state index contributed by atoms with van der Waals surface area (Å²) in [6.07, 6.45) is -1.99. The van der Waals surface area contributed by atoms with Crippen molar-refractivity contribution < 1.29 is 36.3 Å². The topological polar surface area (TPSA) is 58.6 Å². The molecule has 1 atom stereocenters. The van der Waals surface area contributed by atoms with Gasteiger partial charge in [-0.05, 0) is 49.1 Å². The third-order valence-electron chi connectivity index (χ3n) is 5.84. The van der Waals surface area contributed by atoms with Crippen LogP contribution in [0.4, 0.5) is 33.3 Å². The van der Waals surface area contributed by atoms with Crippen molar-refractivity contribution in [2.75, 3.05) is 10.2 Å². The molecule has 1 aliphatic carbocycles. The Morgan fingerprint density at radius 1 is 1.18 bits per heavy atom. The number of fused-ring (bicyclic) bond motifs is 1. The molecule has 33 heavy (non-hydrogen) atoms. The van der Waals surface area contributed by atoms with Crippen molar-refractivity contribution in [3.05, 3.63) is 52.8 Å². The van der Waals surface area contributed by atoms with Gasteiger partial charge in [0.05, 0.1) is 17.9 Å². The fourth-order valence-corrected chi connectivity index (χ4v) is 4.14. The van der Waals surface area contributed by atoms with E-state index in [2.05, 4.69) is 5.32 Å². The van der Waals surface area contributed by atoms with Gasteiger partial charge in [0.25, 0.3) is 5.91 Å². The lowest BCUT2D eigenvalue weighted by molar-refractivity contribution is -0.130. The maximum absolute atomic E-state index is 15.4. The van der Waals surface area contributed by atoms with Crippen molar-refractivity contribution in [1.29, 1.82) is 0 Å². The first-order valence-corrected chi connectivity index (χ1v) is 10.4. The van der Waals surface area contributed by atoms with Crippen LogP contribution < -0.4 is 15.0 Å². The van der Waals surface area contributed by atoms with Crippen LogP contribution in [0.1, 0.15) is 37.3 Å². The minimum Gasteiger partial charge on any atom is -0.476 e. The first-order chi connectivity index (χ1) is 15.4. The van der Waals surface area contributed by atoms with Crippen LogP contribution in [0.25, 0.3) is 0 Å². The quantitative estimate of drug-likeness (QED) is 0.622. The smallest absolute Gasteiger partial charge is 0.268 e. The van der Waals surface area contributed by atoms with E-state index in [-0.39, 0.29) is 54.1 Å². The second kappa shape index (κ2) is 8.31. The van der Waals surface area contributed by atoms with Crippen LogP contribution in [0.5, 0.6) is 5.75 Å². The number of benzene rings is 2. The van der Waals surface area contributed by atoms with E-state index in [4.69, 9.17) is 4.74 Å². The SMILES string of the molecule is Cc1cc2c(c(F)c1NC(=O)CC1CC(F)(F)C1)OC(C)C(=O)N2Cc1ccc(F)c(F)c1. The summed E-state index contributed by atoms with van der Waals surface area (Å²) < 4.78 is 73.7. The number of halogens is 5. The summed E-state index contributed by atoms with van der Waals surface area (Å²) in [5.41, 5.74) is 0.475. The maximum Gasteiger partial charge on any atom is 0.268 e. The van der Waals surface area contributed by atoms with Gasteiger partial charge < -0.3 is 15.0 Å². The summed E-state index contributed by atoms with van der Waals surface area (Å²) in [6, 6.07) is 4.63. The number of hydrogen-bond donors (Lipinski definition) is 1. The van der Waals surface area contributed by atoms with Crippen molar-refractivity contribution in [3.8, 4) is 5.75 Å². The van der Waals surface area contributed by atoms with Crippen LogP contribution in [0.3, 0.4) is 0 Å². The van der Waals surface area contributed by atoms with E-state index in [9.17, 15) is 27.2 Å². The van der Waals surface area contributed by atoms with Gasteiger partial charge in [0, 0.05) is 19.3 Å². The van der Waals surface area contributed by atoms with Gasteiger partial charge in [0.2, 0.25) is 11.8 Å². The lowest BCUT2D eigenvalue weighted by atomic mass is 9.79. The van der Waals surface area contributed by atoms with Crippen molar-refractivity contribution in [3.63, 3.8) is 0 Å². The number of nitrogens with zero attached hydrogens (tertiary/aromatic N) is 1. The van der Waals surface area contributed by atoms with Crippen molar-refractivity contribution in [2.24, 2.45) is 5.92 Å². The molecular weight excluding hydrogens is 447 g/mol. The van der Waals surface area contributed by atoms with Crippen LogP contribution >= 0.6 is 0 Å². The molecule has 0 saturated heterocycles. The van der Waals surface area contributed by atoms with Crippen LogP contribution in [0.2, 0.25) is 0 Å². The lowest BCUT2D eigenvalue weighted by Crippen LogP contribution is -2.44. The number of aryl methyl sites for hydroxylation is 1. The highest BCUT2D eigenvalue weighted by atomic mass is 19.3. The van der Waals surface area contributed by atoms with Gasteiger partial charge in [-0.15, -0.1) is 0 Å². The molecule has 2 aromatic carbocycles. The number of carbonyl (C=O) groups is 2. The molecule has 2 aromatic rings. The minimum absolute atomic E-state index is 0.0782. The molecule has 0 bridgehead atoms. The molecule has 2 aliphatic rings. The molecule has 2 amide bonds. The van der Waals surface area contributed by atoms with E-state index in [0.717, 1.165) is 12.1 Å². The minimum atomic E-state index is -2.76. The molecule has 10 heteroatoms.